The maximum absolute atomic E-state index is 12.7. The molecule has 9 heteroatoms. The van der Waals surface area contributed by atoms with Crippen LogP contribution in [-0.4, -0.2) is 14.8 Å². The lowest BCUT2D eigenvalue weighted by Crippen LogP contribution is -2.18. The van der Waals surface area contributed by atoms with E-state index in [1.165, 1.54) is 0 Å². The molecule has 0 aromatic heterocycles. The fourth-order valence-electron chi connectivity index (χ4n) is 0.881. The van der Waals surface area contributed by atoms with Crippen molar-refractivity contribution >= 4 is 19.7 Å². The molecule has 0 saturated heterocycles. The topological polar surface area (TPSA) is 43.4 Å². The second kappa shape index (κ2) is 4.10. The average Bonchev–Trinajstić information content (AvgIpc) is 2.04. The molecule has 0 saturated carbocycles. The first kappa shape index (κ1) is 13.0. The van der Waals surface area contributed by atoms with Crippen LogP contribution in [0.3, 0.4) is 0 Å². The zero-order chi connectivity index (χ0) is 12.6. The van der Waals surface area contributed by atoms with Gasteiger partial charge in [-0.05, 0) is 18.2 Å². The van der Waals surface area contributed by atoms with Gasteiger partial charge in [0.25, 0.3) is 9.05 Å². The van der Waals surface area contributed by atoms with Gasteiger partial charge in [-0.3, -0.25) is 0 Å². The van der Waals surface area contributed by atoms with Crippen LogP contribution in [0.4, 0.5) is 17.6 Å². The lowest BCUT2D eigenvalue weighted by molar-refractivity contribution is -0.275. The van der Waals surface area contributed by atoms with Crippen LogP contribution in [0.1, 0.15) is 0 Å². The van der Waals surface area contributed by atoms with Crippen LogP contribution >= 0.6 is 10.7 Å². The minimum Gasteiger partial charge on any atom is -0.404 e. The highest BCUT2D eigenvalue weighted by atomic mass is 35.7. The number of hydrogen-bond acceptors (Lipinski definition) is 3. The molecule has 1 aromatic carbocycles. The summed E-state index contributed by atoms with van der Waals surface area (Å²) in [7, 11) is 0.302. The second-order valence-electron chi connectivity index (χ2n) is 2.58. The van der Waals surface area contributed by atoms with Crippen LogP contribution in [0.25, 0.3) is 0 Å². The summed E-state index contributed by atoms with van der Waals surface area (Å²) >= 11 is 0. The standard InChI is InChI=1S/C7H3ClF4O3S/c8-16(13,14)6-3-4(9)1-2-5(6)15-7(10,11)12/h1-3H. The molecule has 1 aromatic rings. The van der Waals surface area contributed by atoms with E-state index in [9.17, 15) is 26.0 Å². The third-order valence-electron chi connectivity index (χ3n) is 1.39. The zero-order valence-corrected chi connectivity index (χ0v) is 8.83. The van der Waals surface area contributed by atoms with E-state index in [4.69, 9.17) is 10.7 Å². The molecule has 0 atom stereocenters. The van der Waals surface area contributed by atoms with Crippen molar-refractivity contribution in [1.29, 1.82) is 0 Å². The molecular formula is C7H3ClF4O3S. The smallest absolute Gasteiger partial charge is 0.404 e. The number of hydrogen-bond donors (Lipinski definition) is 0. The van der Waals surface area contributed by atoms with Crippen molar-refractivity contribution in [2.75, 3.05) is 0 Å². The Balaban J connectivity index is 3.30. The zero-order valence-electron chi connectivity index (χ0n) is 7.25. The Morgan fingerprint density at radius 2 is 1.81 bits per heavy atom. The van der Waals surface area contributed by atoms with Gasteiger partial charge in [-0.15, -0.1) is 13.2 Å². The first-order valence-electron chi connectivity index (χ1n) is 3.59. The molecule has 0 N–H and O–H groups in total. The predicted octanol–water partition coefficient (Wildman–Crippen LogP) is 2.65. The van der Waals surface area contributed by atoms with Crippen LogP contribution in [0.15, 0.2) is 23.1 Å². The molecule has 16 heavy (non-hydrogen) atoms. The molecule has 90 valence electrons. The van der Waals surface area contributed by atoms with Gasteiger partial charge >= 0.3 is 6.36 Å². The van der Waals surface area contributed by atoms with Gasteiger partial charge in [-0.25, -0.2) is 12.8 Å². The molecule has 0 bridgehead atoms. The van der Waals surface area contributed by atoms with Crippen molar-refractivity contribution in [2.45, 2.75) is 11.3 Å². The van der Waals surface area contributed by atoms with Gasteiger partial charge < -0.3 is 4.74 Å². The third kappa shape index (κ3) is 3.53. The number of halogens is 5. The lowest BCUT2D eigenvalue weighted by atomic mass is 10.3. The Bertz CT molecular complexity index is 497. The number of rotatable bonds is 2. The number of ether oxygens (including phenoxy) is 1. The van der Waals surface area contributed by atoms with Crippen LogP contribution in [0.5, 0.6) is 5.75 Å². The van der Waals surface area contributed by atoms with Crippen LogP contribution < -0.4 is 4.74 Å². The molecule has 3 nitrogen and oxygen atoms in total. The molecule has 1 rings (SSSR count). The Morgan fingerprint density at radius 3 is 2.25 bits per heavy atom. The summed E-state index contributed by atoms with van der Waals surface area (Å²) < 4.78 is 73.3. The number of benzene rings is 1. The van der Waals surface area contributed by atoms with E-state index in [0.29, 0.717) is 18.2 Å². The average molecular weight is 279 g/mol. The Kier molecular flexibility index (Phi) is 3.34. The van der Waals surface area contributed by atoms with Crippen molar-refractivity contribution in [3.05, 3.63) is 24.0 Å². The molecule has 0 unspecified atom stereocenters. The molecule has 0 fully saturated rings. The van der Waals surface area contributed by atoms with E-state index in [-0.39, 0.29) is 0 Å². The van der Waals surface area contributed by atoms with Crippen molar-refractivity contribution < 1.29 is 30.7 Å². The fraction of sp³-hybridized carbons (Fsp3) is 0.143. The molecule has 0 amide bonds. The van der Waals surface area contributed by atoms with Crippen molar-refractivity contribution in [3.8, 4) is 5.75 Å². The normalized spacial score (nSPS) is 12.6. The second-order valence-corrected chi connectivity index (χ2v) is 5.11. The van der Waals surface area contributed by atoms with Crippen LogP contribution in [0, 0.1) is 5.82 Å². The van der Waals surface area contributed by atoms with Gasteiger partial charge in [-0.1, -0.05) is 0 Å². The lowest BCUT2D eigenvalue weighted by Gasteiger charge is -2.11. The Morgan fingerprint density at radius 1 is 1.25 bits per heavy atom. The van der Waals surface area contributed by atoms with Crippen LogP contribution in [-0.2, 0) is 9.05 Å². The molecule has 0 spiro atoms. The van der Waals surface area contributed by atoms with Gasteiger partial charge in [0.15, 0.2) is 0 Å². The Labute approximate surface area is 92.0 Å². The maximum atomic E-state index is 12.7. The third-order valence-corrected chi connectivity index (χ3v) is 2.74. The van der Waals surface area contributed by atoms with E-state index in [1.807, 2.05) is 0 Å². The predicted molar refractivity (Wildman–Crippen MR) is 46.1 cm³/mol. The van der Waals surface area contributed by atoms with Gasteiger partial charge in [0.05, 0.1) is 0 Å². The van der Waals surface area contributed by atoms with E-state index in [2.05, 4.69) is 4.74 Å². The van der Waals surface area contributed by atoms with Gasteiger partial charge in [-0.2, -0.15) is 0 Å². The fourth-order valence-corrected chi connectivity index (χ4v) is 1.85. The summed E-state index contributed by atoms with van der Waals surface area (Å²) in [5.74, 6) is -2.13. The summed E-state index contributed by atoms with van der Waals surface area (Å²) in [5.41, 5.74) is 0. The summed E-state index contributed by atoms with van der Waals surface area (Å²) in [6.45, 7) is 0. The van der Waals surface area contributed by atoms with E-state index < -0.39 is 31.9 Å². The monoisotopic (exact) mass is 278 g/mol. The highest BCUT2D eigenvalue weighted by Gasteiger charge is 2.33. The van der Waals surface area contributed by atoms with Gasteiger partial charge in [0, 0.05) is 10.7 Å². The van der Waals surface area contributed by atoms with Crippen LogP contribution in [0.2, 0.25) is 0 Å². The highest BCUT2D eigenvalue weighted by Crippen LogP contribution is 2.31. The van der Waals surface area contributed by atoms with Crippen molar-refractivity contribution in [1.82, 2.24) is 0 Å². The van der Waals surface area contributed by atoms with E-state index in [1.54, 1.807) is 0 Å². The maximum Gasteiger partial charge on any atom is 0.573 e. The SMILES string of the molecule is O=S(=O)(Cl)c1cc(F)ccc1OC(F)(F)F. The largest absolute Gasteiger partial charge is 0.573 e. The molecule has 0 aliphatic heterocycles. The summed E-state index contributed by atoms with van der Waals surface area (Å²) in [6.07, 6.45) is -5.09. The summed E-state index contributed by atoms with van der Waals surface area (Å²) in [5, 5.41) is 0. The minimum atomic E-state index is -5.09. The van der Waals surface area contributed by atoms with Gasteiger partial charge in [0.2, 0.25) is 0 Å². The highest BCUT2D eigenvalue weighted by molar-refractivity contribution is 8.13. The summed E-state index contributed by atoms with van der Waals surface area (Å²) in [6, 6.07) is 1.48. The molecular weight excluding hydrogens is 276 g/mol. The van der Waals surface area contributed by atoms with Crippen molar-refractivity contribution in [2.24, 2.45) is 0 Å². The molecule has 0 radical (unpaired) electrons. The van der Waals surface area contributed by atoms with E-state index >= 15 is 0 Å². The number of alkyl halides is 3. The molecule has 0 aliphatic rings. The molecule has 0 heterocycles. The van der Waals surface area contributed by atoms with Crippen molar-refractivity contribution in [3.63, 3.8) is 0 Å². The minimum absolute atomic E-state index is 0.337. The van der Waals surface area contributed by atoms with E-state index in [0.717, 1.165) is 0 Å². The Hall–Kier alpha value is -1.02. The molecule has 0 aliphatic carbocycles. The first-order valence-corrected chi connectivity index (χ1v) is 5.90. The first-order chi connectivity index (χ1) is 7.09. The van der Waals surface area contributed by atoms with Gasteiger partial charge in [0.1, 0.15) is 16.5 Å². The quantitative estimate of drug-likeness (QED) is 0.617. The summed E-state index contributed by atoms with van der Waals surface area (Å²) in [4.78, 5) is -1.08.